The van der Waals surface area contributed by atoms with E-state index in [0.717, 1.165) is 5.56 Å². The molecule has 0 spiro atoms. The molecule has 0 aliphatic rings. The average Bonchev–Trinajstić information content (AvgIpc) is 3.21. The van der Waals surface area contributed by atoms with Crippen LogP contribution in [-0.4, -0.2) is 33.2 Å². The molecule has 4 rings (SSSR count). The van der Waals surface area contributed by atoms with Crippen LogP contribution in [-0.2, 0) is 16.1 Å². The Bertz CT molecular complexity index is 1240. The van der Waals surface area contributed by atoms with E-state index in [9.17, 15) is 14.7 Å². The lowest BCUT2D eigenvalue weighted by atomic mass is 10.0. The Balaban J connectivity index is 1.46. The number of aromatic amines is 1. The van der Waals surface area contributed by atoms with Gasteiger partial charge in [0.2, 0.25) is 0 Å². The summed E-state index contributed by atoms with van der Waals surface area (Å²) >= 11 is 0. The number of anilines is 2. The molecule has 2 atom stereocenters. The Morgan fingerprint density at radius 3 is 2.45 bits per heavy atom. The largest absolute Gasteiger partial charge is 0.445 e. The highest BCUT2D eigenvalue weighted by Crippen LogP contribution is 2.21. The summed E-state index contributed by atoms with van der Waals surface area (Å²) in [5.74, 6) is -0.435. The third-order valence-corrected chi connectivity index (χ3v) is 5.00. The molecule has 2 unspecified atom stereocenters. The number of hydrogen-bond donors (Lipinski definition) is 5. The van der Waals surface area contributed by atoms with Crippen molar-refractivity contribution >= 4 is 34.7 Å². The van der Waals surface area contributed by atoms with Crippen LogP contribution < -0.4 is 16.4 Å². The van der Waals surface area contributed by atoms with Crippen LogP contribution >= 0.6 is 0 Å². The number of H-pyrrole nitrogens is 1. The number of carbonyl (C=O) groups excluding carboxylic acids is 2. The number of fused-ring (bicyclic) bond motifs is 1. The van der Waals surface area contributed by atoms with Gasteiger partial charge in [-0.1, -0.05) is 60.7 Å². The van der Waals surface area contributed by atoms with E-state index < -0.39 is 24.1 Å². The van der Waals surface area contributed by atoms with Crippen molar-refractivity contribution in [3.63, 3.8) is 0 Å². The van der Waals surface area contributed by atoms with Crippen molar-refractivity contribution in [2.45, 2.75) is 18.8 Å². The summed E-state index contributed by atoms with van der Waals surface area (Å²) in [7, 11) is 0. The number of nitrogens with zero attached hydrogens (tertiary/aromatic N) is 1. The maximum Gasteiger partial charge on any atom is 0.408 e. The van der Waals surface area contributed by atoms with E-state index in [1.165, 1.54) is 0 Å². The van der Waals surface area contributed by atoms with Crippen LogP contribution in [0, 0.1) is 0 Å². The Morgan fingerprint density at radius 2 is 1.73 bits per heavy atom. The molecule has 33 heavy (non-hydrogen) atoms. The highest BCUT2D eigenvalue weighted by atomic mass is 16.5. The van der Waals surface area contributed by atoms with E-state index in [1.807, 2.05) is 30.3 Å². The number of carbonyl (C=O) groups is 2. The van der Waals surface area contributed by atoms with Crippen LogP contribution in [0.3, 0.4) is 0 Å². The first-order valence-corrected chi connectivity index (χ1v) is 10.3. The number of rotatable bonds is 7. The van der Waals surface area contributed by atoms with Gasteiger partial charge in [-0.2, -0.15) is 0 Å². The zero-order valence-corrected chi connectivity index (χ0v) is 17.6. The van der Waals surface area contributed by atoms with Crippen LogP contribution in [0.5, 0.6) is 0 Å². The molecule has 0 radical (unpaired) electrons. The van der Waals surface area contributed by atoms with Crippen LogP contribution in [0.1, 0.15) is 17.2 Å². The van der Waals surface area contributed by atoms with Gasteiger partial charge in [0.25, 0.3) is 5.91 Å². The van der Waals surface area contributed by atoms with Gasteiger partial charge in [0.1, 0.15) is 6.61 Å². The second-order valence-corrected chi connectivity index (χ2v) is 7.38. The number of nitrogens with two attached hydrogens (primary N) is 1. The number of aliphatic hydroxyl groups is 1. The van der Waals surface area contributed by atoms with Crippen molar-refractivity contribution in [2.75, 3.05) is 11.1 Å². The van der Waals surface area contributed by atoms with Gasteiger partial charge >= 0.3 is 6.09 Å². The van der Waals surface area contributed by atoms with Gasteiger partial charge in [-0.15, -0.1) is 0 Å². The molecule has 0 aliphatic heterocycles. The summed E-state index contributed by atoms with van der Waals surface area (Å²) in [5.41, 5.74) is 8.75. The quantitative estimate of drug-likeness (QED) is 0.296. The van der Waals surface area contributed by atoms with E-state index >= 15 is 0 Å². The fourth-order valence-electron chi connectivity index (χ4n) is 3.37. The molecule has 1 heterocycles. The van der Waals surface area contributed by atoms with E-state index in [1.54, 1.807) is 48.5 Å². The number of amides is 2. The third kappa shape index (κ3) is 5.46. The van der Waals surface area contributed by atoms with Crippen LogP contribution in [0.2, 0.25) is 0 Å². The van der Waals surface area contributed by atoms with Crippen LogP contribution in [0.25, 0.3) is 11.0 Å². The van der Waals surface area contributed by atoms with Gasteiger partial charge in [0.15, 0.2) is 12.1 Å². The topological polar surface area (TPSA) is 142 Å². The number of nitrogens with one attached hydrogen (secondary N) is 3. The van der Waals surface area contributed by atoms with Crippen molar-refractivity contribution in [1.29, 1.82) is 0 Å². The second-order valence-electron chi connectivity index (χ2n) is 7.38. The van der Waals surface area contributed by atoms with Gasteiger partial charge in [-0.3, -0.25) is 4.79 Å². The highest BCUT2D eigenvalue weighted by Gasteiger charge is 2.30. The van der Waals surface area contributed by atoms with E-state index in [4.69, 9.17) is 10.5 Å². The first-order valence-electron chi connectivity index (χ1n) is 10.3. The number of aromatic nitrogens is 2. The molecule has 0 saturated heterocycles. The highest BCUT2D eigenvalue weighted by molar-refractivity contribution is 5.96. The van der Waals surface area contributed by atoms with Gasteiger partial charge in [-0.25, -0.2) is 9.78 Å². The zero-order chi connectivity index (χ0) is 23.2. The lowest BCUT2D eigenvalue weighted by Crippen LogP contribution is -2.42. The Morgan fingerprint density at radius 1 is 1.03 bits per heavy atom. The minimum Gasteiger partial charge on any atom is -0.445 e. The molecule has 2 amide bonds. The molecule has 0 bridgehead atoms. The SMILES string of the molecule is Nc1nc2ccc(NC(=O)C(O)C(NC(=O)OCc3ccccc3)c3ccccc3)cc2[nH]1. The molecule has 1 aromatic heterocycles. The number of nitrogen functional groups attached to an aromatic ring is 1. The Labute approximate surface area is 189 Å². The molecule has 4 aromatic rings. The number of hydrogen-bond acceptors (Lipinski definition) is 6. The van der Waals surface area contributed by atoms with E-state index in [-0.39, 0.29) is 12.6 Å². The van der Waals surface area contributed by atoms with Crippen molar-refractivity contribution in [2.24, 2.45) is 0 Å². The molecule has 9 nitrogen and oxygen atoms in total. The maximum absolute atomic E-state index is 12.8. The Hall–Kier alpha value is -4.37. The lowest BCUT2D eigenvalue weighted by molar-refractivity contribution is -0.125. The van der Waals surface area contributed by atoms with Gasteiger partial charge in [0.05, 0.1) is 17.1 Å². The fourth-order valence-corrected chi connectivity index (χ4v) is 3.37. The lowest BCUT2D eigenvalue weighted by Gasteiger charge is -2.24. The van der Waals surface area contributed by atoms with E-state index in [2.05, 4.69) is 20.6 Å². The predicted octanol–water partition coefficient (Wildman–Crippen LogP) is 3.11. The molecule has 6 N–H and O–H groups in total. The van der Waals surface area contributed by atoms with Crippen molar-refractivity contribution < 1.29 is 19.4 Å². The molecule has 9 heteroatoms. The van der Waals surface area contributed by atoms with E-state index in [0.29, 0.717) is 22.3 Å². The standard InChI is InChI=1S/C24H23N5O4/c25-23-27-18-12-11-17(13-19(18)28-23)26-22(31)21(30)20(16-9-5-2-6-10-16)29-24(32)33-14-15-7-3-1-4-8-15/h1-13,20-21,30H,14H2,(H,26,31)(H,29,32)(H3,25,27,28). The van der Waals surface area contributed by atoms with Crippen molar-refractivity contribution in [3.05, 3.63) is 90.0 Å². The summed E-state index contributed by atoms with van der Waals surface area (Å²) in [4.78, 5) is 32.3. The molecule has 0 fully saturated rings. The summed E-state index contributed by atoms with van der Waals surface area (Å²) in [6.07, 6.45) is -2.34. The third-order valence-electron chi connectivity index (χ3n) is 5.00. The summed E-state index contributed by atoms with van der Waals surface area (Å²) < 4.78 is 5.26. The summed E-state index contributed by atoms with van der Waals surface area (Å²) in [6, 6.07) is 21.9. The number of ether oxygens (including phenoxy) is 1. The molecule has 3 aromatic carbocycles. The Kier molecular flexibility index (Phi) is 6.51. The molecule has 0 aliphatic carbocycles. The van der Waals surface area contributed by atoms with Gasteiger partial charge in [-0.05, 0) is 29.3 Å². The number of alkyl carbamates (subject to hydrolysis) is 1. The number of imidazole rings is 1. The summed E-state index contributed by atoms with van der Waals surface area (Å²) in [5, 5.41) is 16.1. The van der Waals surface area contributed by atoms with Crippen LogP contribution in [0.4, 0.5) is 16.4 Å². The monoisotopic (exact) mass is 445 g/mol. The second kappa shape index (κ2) is 9.84. The molecule has 168 valence electrons. The first-order chi connectivity index (χ1) is 16.0. The minimum absolute atomic E-state index is 0.0593. The summed E-state index contributed by atoms with van der Waals surface area (Å²) in [6.45, 7) is 0.0593. The average molecular weight is 445 g/mol. The smallest absolute Gasteiger partial charge is 0.408 e. The minimum atomic E-state index is -1.58. The molecular weight excluding hydrogens is 422 g/mol. The number of benzene rings is 3. The van der Waals surface area contributed by atoms with Crippen molar-refractivity contribution in [1.82, 2.24) is 15.3 Å². The van der Waals surface area contributed by atoms with Crippen LogP contribution in [0.15, 0.2) is 78.9 Å². The predicted molar refractivity (Wildman–Crippen MR) is 124 cm³/mol. The van der Waals surface area contributed by atoms with Gasteiger partial charge in [0, 0.05) is 5.69 Å². The molecule has 0 saturated carbocycles. The van der Waals surface area contributed by atoms with Gasteiger partial charge < -0.3 is 31.2 Å². The fraction of sp³-hybridized carbons (Fsp3) is 0.125. The normalized spacial score (nSPS) is 12.6. The first kappa shape index (κ1) is 21.8. The molecular formula is C24H23N5O4. The number of aliphatic hydroxyl groups excluding tert-OH is 1. The maximum atomic E-state index is 12.8. The zero-order valence-electron chi connectivity index (χ0n) is 17.6. The van der Waals surface area contributed by atoms with Crippen molar-refractivity contribution in [3.8, 4) is 0 Å².